The molecule has 0 saturated heterocycles. The van der Waals surface area contributed by atoms with Gasteiger partial charge in [0.05, 0.1) is 0 Å². The number of hydrogen-bond acceptors (Lipinski definition) is 3. The molecule has 0 unspecified atom stereocenters. The first-order valence-electron chi connectivity index (χ1n) is 4.74. The maximum absolute atomic E-state index is 9.88. The van der Waals surface area contributed by atoms with Crippen LogP contribution in [0.4, 0.5) is 0 Å². The molecule has 1 heterocycles. The van der Waals surface area contributed by atoms with E-state index in [1.807, 2.05) is 6.92 Å². The predicted molar refractivity (Wildman–Crippen MR) is 54.8 cm³/mol. The molecule has 1 aliphatic rings. The van der Waals surface area contributed by atoms with Crippen LogP contribution < -0.4 is 5.73 Å². The van der Waals surface area contributed by atoms with E-state index in [9.17, 15) is 5.11 Å². The van der Waals surface area contributed by atoms with Crippen LogP contribution in [0.5, 0.6) is 0 Å². The molecule has 1 rings (SSSR count). The SMILES string of the molecule is CC1=C(O)[C@H](C(C)C)CCN=C1N. The molecule has 74 valence electrons. The fourth-order valence-electron chi connectivity index (χ4n) is 1.64. The summed E-state index contributed by atoms with van der Waals surface area (Å²) >= 11 is 0. The van der Waals surface area contributed by atoms with Crippen molar-refractivity contribution in [3.05, 3.63) is 11.3 Å². The Labute approximate surface area is 79.4 Å². The highest BCUT2D eigenvalue weighted by atomic mass is 16.3. The Morgan fingerprint density at radius 1 is 1.54 bits per heavy atom. The van der Waals surface area contributed by atoms with E-state index in [2.05, 4.69) is 18.8 Å². The van der Waals surface area contributed by atoms with E-state index in [-0.39, 0.29) is 5.92 Å². The van der Waals surface area contributed by atoms with Gasteiger partial charge < -0.3 is 10.8 Å². The second kappa shape index (κ2) is 3.81. The third-order valence-electron chi connectivity index (χ3n) is 2.65. The summed E-state index contributed by atoms with van der Waals surface area (Å²) in [5, 5.41) is 9.88. The standard InChI is InChI=1S/C10H18N2O/c1-6(2)8-4-5-12-10(11)7(3)9(8)13/h6,8,13H,4-5H2,1-3H3,(H2,11,12)/t8-/m0/s1. The third-order valence-corrected chi connectivity index (χ3v) is 2.65. The monoisotopic (exact) mass is 182 g/mol. The molecule has 0 radical (unpaired) electrons. The third kappa shape index (κ3) is 2.02. The van der Waals surface area contributed by atoms with Crippen LogP contribution in [0.25, 0.3) is 0 Å². The minimum atomic E-state index is 0.213. The number of nitrogens with zero attached hydrogens (tertiary/aromatic N) is 1. The fourth-order valence-corrected chi connectivity index (χ4v) is 1.64. The Bertz CT molecular complexity index is 254. The van der Waals surface area contributed by atoms with Gasteiger partial charge in [0, 0.05) is 18.0 Å². The summed E-state index contributed by atoms with van der Waals surface area (Å²) in [6, 6.07) is 0. The van der Waals surface area contributed by atoms with E-state index in [1.54, 1.807) is 0 Å². The first kappa shape index (κ1) is 10.1. The van der Waals surface area contributed by atoms with E-state index in [0.29, 0.717) is 17.5 Å². The number of aliphatic hydroxyl groups is 1. The van der Waals surface area contributed by atoms with Crippen molar-refractivity contribution in [2.75, 3.05) is 6.54 Å². The summed E-state index contributed by atoms with van der Waals surface area (Å²) in [7, 11) is 0. The molecule has 1 aliphatic heterocycles. The molecule has 0 spiro atoms. The van der Waals surface area contributed by atoms with Gasteiger partial charge in [0.2, 0.25) is 0 Å². The van der Waals surface area contributed by atoms with Crippen LogP contribution in [0, 0.1) is 11.8 Å². The van der Waals surface area contributed by atoms with Crippen molar-refractivity contribution in [3.8, 4) is 0 Å². The van der Waals surface area contributed by atoms with Crippen molar-refractivity contribution in [1.29, 1.82) is 0 Å². The van der Waals surface area contributed by atoms with Gasteiger partial charge in [-0.15, -0.1) is 0 Å². The molecule has 0 aromatic carbocycles. The van der Waals surface area contributed by atoms with Crippen molar-refractivity contribution >= 4 is 5.84 Å². The molecule has 3 N–H and O–H groups in total. The second-order valence-corrected chi connectivity index (χ2v) is 3.92. The topological polar surface area (TPSA) is 58.6 Å². The molecule has 0 amide bonds. The molecule has 1 atom stereocenters. The Balaban J connectivity index is 2.96. The minimum absolute atomic E-state index is 0.213. The van der Waals surface area contributed by atoms with Crippen LogP contribution in [-0.2, 0) is 0 Å². The summed E-state index contributed by atoms with van der Waals surface area (Å²) in [5.74, 6) is 1.57. The zero-order chi connectivity index (χ0) is 10.0. The van der Waals surface area contributed by atoms with Gasteiger partial charge in [0.1, 0.15) is 11.6 Å². The quantitative estimate of drug-likeness (QED) is 0.650. The number of aliphatic hydroxyl groups excluding tert-OH is 1. The molecule has 0 saturated carbocycles. The van der Waals surface area contributed by atoms with Crippen LogP contribution >= 0.6 is 0 Å². The highest BCUT2D eigenvalue weighted by molar-refractivity contribution is 5.97. The average molecular weight is 182 g/mol. The summed E-state index contributed by atoms with van der Waals surface area (Å²) in [5.41, 5.74) is 6.41. The van der Waals surface area contributed by atoms with Crippen molar-refractivity contribution < 1.29 is 5.11 Å². The van der Waals surface area contributed by atoms with Gasteiger partial charge in [-0.05, 0) is 19.3 Å². The van der Waals surface area contributed by atoms with E-state index in [4.69, 9.17) is 5.73 Å². The van der Waals surface area contributed by atoms with Gasteiger partial charge in [-0.3, -0.25) is 4.99 Å². The lowest BCUT2D eigenvalue weighted by molar-refractivity contribution is 0.271. The smallest absolute Gasteiger partial charge is 0.124 e. The molecule has 13 heavy (non-hydrogen) atoms. The fraction of sp³-hybridized carbons (Fsp3) is 0.700. The van der Waals surface area contributed by atoms with Crippen LogP contribution in [-0.4, -0.2) is 17.5 Å². The molecular weight excluding hydrogens is 164 g/mol. The average Bonchev–Trinajstić information content (AvgIpc) is 2.18. The number of rotatable bonds is 1. The zero-order valence-electron chi connectivity index (χ0n) is 8.54. The lowest BCUT2D eigenvalue weighted by atomic mass is 9.89. The highest BCUT2D eigenvalue weighted by Gasteiger charge is 2.22. The Morgan fingerprint density at radius 2 is 2.15 bits per heavy atom. The normalized spacial score (nSPS) is 24.6. The molecule has 0 fully saturated rings. The summed E-state index contributed by atoms with van der Waals surface area (Å²) < 4.78 is 0. The van der Waals surface area contributed by atoms with E-state index in [1.165, 1.54) is 0 Å². The minimum Gasteiger partial charge on any atom is -0.512 e. The number of hydrogen-bond donors (Lipinski definition) is 2. The van der Waals surface area contributed by atoms with Gasteiger partial charge in [-0.1, -0.05) is 13.8 Å². The zero-order valence-corrected chi connectivity index (χ0v) is 8.54. The second-order valence-electron chi connectivity index (χ2n) is 3.92. The Hall–Kier alpha value is -0.990. The molecule has 0 aromatic heterocycles. The molecule has 3 heteroatoms. The van der Waals surface area contributed by atoms with Gasteiger partial charge in [-0.2, -0.15) is 0 Å². The van der Waals surface area contributed by atoms with E-state index < -0.39 is 0 Å². The lowest BCUT2D eigenvalue weighted by Gasteiger charge is -2.18. The van der Waals surface area contributed by atoms with E-state index in [0.717, 1.165) is 18.5 Å². The summed E-state index contributed by atoms with van der Waals surface area (Å²) in [4.78, 5) is 4.16. The molecule has 0 aromatic rings. The Kier molecular flexibility index (Phi) is 2.96. The summed E-state index contributed by atoms with van der Waals surface area (Å²) in [6.45, 7) is 6.76. The molecule has 0 aliphatic carbocycles. The van der Waals surface area contributed by atoms with Crippen LogP contribution in [0.1, 0.15) is 27.2 Å². The predicted octanol–water partition coefficient (Wildman–Crippen LogP) is 1.85. The summed E-state index contributed by atoms with van der Waals surface area (Å²) in [6.07, 6.45) is 0.890. The number of allylic oxidation sites excluding steroid dienone is 1. The number of nitrogens with two attached hydrogens (primary N) is 1. The van der Waals surface area contributed by atoms with Crippen LogP contribution in [0.3, 0.4) is 0 Å². The van der Waals surface area contributed by atoms with Crippen molar-refractivity contribution in [2.45, 2.75) is 27.2 Å². The maximum Gasteiger partial charge on any atom is 0.124 e. The van der Waals surface area contributed by atoms with Crippen molar-refractivity contribution in [1.82, 2.24) is 0 Å². The lowest BCUT2D eigenvalue weighted by Crippen LogP contribution is -2.17. The molecule has 3 nitrogen and oxygen atoms in total. The number of aliphatic imine (C=N–C) groups is 1. The first-order chi connectivity index (χ1) is 6.04. The largest absolute Gasteiger partial charge is 0.512 e. The van der Waals surface area contributed by atoms with E-state index >= 15 is 0 Å². The van der Waals surface area contributed by atoms with Crippen molar-refractivity contribution in [2.24, 2.45) is 22.6 Å². The maximum atomic E-state index is 9.88. The number of amidine groups is 1. The Morgan fingerprint density at radius 3 is 2.69 bits per heavy atom. The molecular formula is C10H18N2O. The van der Waals surface area contributed by atoms with Crippen LogP contribution in [0.15, 0.2) is 16.3 Å². The van der Waals surface area contributed by atoms with Crippen LogP contribution in [0.2, 0.25) is 0 Å². The van der Waals surface area contributed by atoms with Gasteiger partial charge in [-0.25, -0.2) is 0 Å². The van der Waals surface area contributed by atoms with Gasteiger partial charge >= 0.3 is 0 Å². The first-order valence-corrected chi connectivity index (χ1v) is 4.74. The molecule has 0 bridgehead atoms. The highest BCUT2D eigenvalue weighted by Crippen LogP contribution is 2.26. The van der Waals surface area contributed by atoms with Gasteiger partial charge in [0.15, 0.2) is 0 Å². The van der Waals surface area contributed by atoms with Gasteiger partial charge in [0.25, 0.3) is 0 Å². The van der Waals surface area contributed by atoms with Crippen molar-refractivity contribution in [3.63, 3.8) is 0 Å².